The van der Waals surface area contributed by atoms with Crippen molar-refractivity contribution in [3.63, 3.8) is 0 Å². The minimum Gasteiger partial charge on any atom is -0.324 e. The molecule has 3 heteroatoms. The average Bonchev–Trinajstić information content (AvgIpc) is 2.08. The molecule has 0 fully saturated rings. The fraction of sp³-hybridized carbons (Fsp3) is 0.400. The van der Waals surface area contributed by atoms with E-state index in [9.17, 15) is 0 Å². The van der Waals surface area contributed by atoms with Gasteiger partial charge in [0.05, 0.1) is 0 Å². The Hall–Kier alpha value is 0.200. The zero-order chi connectivity index (χ0) is 10.0. The SMILES string of the molecule is CC(C)[C@H](N)c1cc(I)ccc1Cl. The van der Waals surface area contributed by atoms with E-state index in [1.807, 2.05) is 18.2 Å². The Kier molecular flexibility index (Phi) is 4.01. The highest BCUT2D eigenvalue weighted by Gasteiger charge is 2.13. The normalized spacial score (nSPS) is 13.4. The van der Waals surface area contributed by atoms with Gasteiger partial charge in [-0.25, -0.2) is 0 Å². The fourth-order valence-corrected chi connectivity index (χ4v) is 1.89. The Morgan fingerprint density at radius 2 is 2.00 bits per heavy atom. The van der Waals surface area contributed by atoms with Crippen LogP contribution >= 0.6 is 34.2 Å². The van der Waals surface area contributed by atoms with Gasteiger partial charge in [-0.05, 0) is 52.3 Å². The smallest absolute Gasteiger partial charge is 0.0454 e. The lowest BCUT2D eigenvalue weighted by Gasteiger charge is -2.17. The van der Waals surface area contributed by atoms with E-state index >= 15 is 0 Å². The molecule has 1 aromatic rings. The molecular weight excluding hydrogens is 296 g/mol. The lowest BCUT2D eigenvalue weighted by Crippen LogP contribution is -2.17. The molecule has 2 N–H and O–H groups in total. The summed E-state index contributed by atoms with van der Waals surface area (Å²) < 4.78 is 1.17. The van der Waals surface area contributed by atoms with Crippen molar-refractivity contribution < 1.29 is 0 Å². The molecule has 1 atom stereocenters. The Morgan fingerprint density at radius 1 is 1.38 bits per heavy atom. The van der Waals surface area contributed by atoms with E-state index in [1.54, 1.807) is 0 Å². The van der Waals surface area contributed by atoms with Crippen molar-refractivity contribution in [2.45, 2.75) is 19.9 Å². The van der Waals surface area contributed by atoms with Crippen LogP contribution in [0.1, 0.15) is 25.5 Å². The molecule has 1 rings (SSSR count). The Balaban J connectivity index is 3.05. The van der Waals surface area contributed by atoms with Crippen LogP contribution in [-0.2, 0) is 0 Å². The van der Waals surface area contributed by atoms with Gasteiger partial charge in [0.2, 0.25) is 0 Å². The van der Waals surface area contributed by atoms with Gasteiger partial charge >= 0.3 is 0 Å². The molecule has 0 amide bonds. The Labute approximate surface area is 97.8 Å². The van der Waals surface area contributed by atoms with Gasteiger partial charge in [0.1, 0.15) is 0 Å². The minimum atomic E-state index is 0.0298. The van der Waals surface area contributed by atoms with Gasteiger partial charge in [-0.1, -0.05) is 25.4 Å². The first kappa shape index (κ1) is 11.3. The lowest BCUT2D eigenvalue weighted by atomic mass is 9.97. The highest BCUT2D eigenvalue weighted by Crippen LogP contribution is 2.27. The Bertz CT molecular complexity index is 299. The molecule has 0 aliphatic heterocycles. The molecule has 0 aliphatic rings. The van der Waals surface area contributed by atoms with Crippen molar-refractivity contribution in [3.05, 3.63) is 32.4 Å². The summed E-state index contributed by atoms with van der Waals surface area (Å²) in [5, 5.41) is 0.765. The molecule has 0 aromatic heterocycles. The highest BCUT2D eigenvalue weighted by molar-refractivity contribution is 14.1. The number of benzene rings is 1. The van der Waals surface area contributed by atoms with E-state index in [2.05, 4.69) is 36.4 Å². The predicted octanol–water partition coefficient (Wildman–Crippen LogP) is 3.60. The lowest BCUT2D eigenvalue weighted by molar-refractivity contribution is 0.514. The average molecular weight is 310 g/mol. The topological polar surface area (TPSA) is 26.0 Å². The molecule has 0 spiro atoms. The van der Waals surface area contributed by atoms with E-state index in [0.717, 1.165) is 10.6 Å². The second kappa shape index (κ2) is 4.62. The molecule has 0 saturated heterocycles. The summed E-state index contributed by atoms with van der Waals surface area (Å²) in [5.41, 5.74) is 7.06. The quantitative estimate of drug-likeness (QED) is 0.830. The zero-order valence-electron chi connectivity index (χ0n) is 7.72. The maximum Gasteiger partial charge on any atom is 0.0454 e. The maximum absolute atomic E-state index is 6.05. The number of nitrogens with two attached hydrogens (primary N) is 1. The van der Waals surface area contributed by atoms with Crippen LogP contribution in [0.2, 0.25) is 5.02 Å². The summed E-state index contributed by atoms with van der Waals surface area (Å²) in [6.45, 7) is 4.20. The predicted molar refractivity (Wildman–Crippen MR) is 65.9 cm³/mol. The van der Waals surface area contributed by atoms with E-state index in [1.165, 1.54) is 3.57 Å². The van der Waals surface area contributed by atoms with Crippen LogP contribution in [-0.4, -0.2) is 0 Å². The molecule has 0 aliphatic carbocycles. The van der Waals surface area contributed by atoms with Gasteiger partial charge < -0.3 is 5.73 Å². The molecule has 0 heterocycles. The van der Waals surface area contributed by atoms with Gasteiger partial charge in [-0.15, -0.1) is 0 Å². The van der Waals surface area contributed by atoms with Gasteiger partial charge in [0.25, 0.3) is 0 Å². The summed E-state index contributed by atoms with van der Waals surface area (Å²) >= 11 is 8.32. The van der Waals surface area contributed by atoms with Gasteiger partial charge in [-0.3, -0.25) is 0 Å². The summed E-state index contributed by atoms with van der Waals surface area (Å²) in [6, 6.07) is 5.97. The Morgan fingerprint density at radius 3 is 2.54 bits per heavy atom. The van der Waals surface area contributed by atoms with Crippen LogP contribution in [0.15, 0.2) is 18.2 Å². The third-order valence-corrected chi connectivity index (χ3v) is 3.05. The van der Waals surface area contributed by atoms with Crippen LogP contribution in [0.5, 0.6) is 0 Å². The van der Waals surface area contributed by atoms with E-state index in [-0.39, 0.29) is 6.04 Å². The number of rotatable bonds is 2. The van der Waals surface area contributed by atoms with Crippen molar-refractivity contribution in [2.24, 2.45) is 11.7 Å². The van der Waals surface area contributed by atoms with Crippen LogP contribution in [0, 0.1) is 9.49 Å². The summed E-state index contributed by atoms with van der Waals surface area (Å²) in [6.07, 6.45) is 0. The molecule has 0 unspecified atom stereocenters. The van der Waals surface area contributed by atoms with Crippen molar-refractivity contribution in [1.82, 2.24) is 0 Å². The molecule has 1 nitrogen and oxygen atoms in total. The van der Waals surface area contributed by atoms with Gasteiger partial charge in [-0.2, -0.15) is 0 Å². The summed E-state index contributed by atoms with van der Waals surface area (Å²) in [5.74, 6) is 0.413. The fourth-order valence-electron chi connectivity index (χ4n) is 1.13. The first-order valence-electron chi connectivity index (χ1n) is 4.23. The summed E-state index contributed by atoms with van der Waals surface area (Å²) in [4.78, 5) is 0. The molecule has 0 radical (unpaired) electrons. The van der Waals surface area contributed by atoms with E-state index < -0.39 is 0 Å². The maximum atomic E-state index is 6.05. The standard InChI is InChI=1S/C10H13ClIN/c1-6(2)10(13)8-5-7(12)3-4-9(8)11/h3-6,10H,13H2,1-2H3/t10-/m0/s1. The number of halogens is 2. The monoisotopic (exact) mass is 309 g/mol. The van der Waals surface area contributed by atoms with Gasteiger partial charge in [0, 0.05) is 14.6 Å². The number of hydrogen-bond acceptors (Lipinski definition) is 1. The summed E-state index contributed by atoms with van der Waals surface area (Å²) in [7, 11) is 0. The van der Waals surface area contributed by atoms with Crippen LogP contribution in [0.4, 0.5) is 0 Å². The number of hydrogen-bond donors (Lipinski definition) is 1. The highest BCUT2D eigenvalue weighted by atomic mass is 127. The first-order chi connectivity index (χ1) is 6.02. The van der Waals surface area contributed by atoms with E-state index in [0.29, 0.717) is 5.92 Å². The van der Waals surface area contributed by atoms with E-state index in [4.69, 9.17) is 17.3 Å². The van der Waals surface area contributed by atoms with Crippen molar-refractivity contribution >= 4 is 34.2 Å². The third kappa shape index (κ3) is 2.82. The minimum absolute atomic E-state index is 0.0298. The molecule has 0 bridgehead atoms. The van der Waals surface area contributed by atoms with Crippen molar-refractivity contribution in [2.75, 3.05) is 0 Å². The second-order valence-corrected chi connectivity index (χ2v) is 5.09. The second-order valence-electron chi connectivity index (χ2n) is 3.44. The molecule has 13 heavy (non-hydrogen) atoms. The van der Waals surface area contributed by atoms with Crippen LogP contribution in [0.25, 0.3) is 0 Å². The third-order valence-electron chi connectivity index (χ3n) is 2.04. The van der Waals surface area contributed by atoms with Crippen LogP contribution < -0.4 is 5.73 Å². The molecule has 1 aromatic carbocycles. The zero-order valence-corrected chi connectivity index (χ0v) is 10.6. The molecule has 0 saturated carbocycles. The molecule has 72 valence electrons. The largest absolute Gasteiger partial charge is 0.324 e. The van der Waals surface area contributed by atoms with Crippen LogP contribution in [0.3, 0.4) is 0 Å². The molecular formula is C10H13ClIN. The first-order valence-corrected chi connectivity index (χ1v) is 5.68. The van der Waals surface area contributed by atoms with Crippen molar-refractivity contribution in [3.8, 4) is 0 Å². The van der Waals surface area contributed by atoms with Crippen molar-refractivity contribution in [1.29, 1.82) is 0 Å². The van der Waals surface area contributed by atoms with Gasteiger partial charge in [0.15, 0.2) is 0 Å².